The summed E-state index contributed by atoms with van der Waals surface area (Å²) < 4.78 is 0.952. The summed E-state index contributed by atoms with van der Waals surface area (Å²) in [7, 11) is 0. The molecule has 0 saturated heterocycles. The third-order valence-electron chi connectivity index (χ3n) is 2.48. The number of nitrogens with zero attached hydrogens (tertiary/aromatic N) is 1. The molecule has 2 rings (SSSR count). The molecule has 0 aliphatic rings. The van der Waals surface area contributed by atoms with E-state index in [4.69, 9.17) is 5.11 Å². The minimum absolute atomic E-state index is 0.0501. The first-order chi connectivity index (χ1) is 9.47. The van der Waals surface area contributed by atoms with Gasteiger partial charge in [0.1, 0.15) is 0 Å². The highest BCUT2D eigenvalue weighted by atomic mass is 79.9. The van der Waals surface area contributed by atoms with Crippen molar-refractivity contribution in [3.8, 4) is 0 Å². The van der Waals surface area contributed by atoms with Crippen LogP contribution in [0.3, 0.4) is 0 Å². The van der Waals surface area contributed by atoms with Crippen LogP contribution in [0.1, 0.15) is 30.7 Å². The van der Waals surface area contributed by atoms with E-state index in [1.165, 1.54) is 28.1 Å². The number of amides is 1. The van der Waals surface area contributed by atoms with Gasteiger partial charge in [-0.2, -0.15) is 0 Å². The lowest BCUT2D eigenvalue weighted by molar-refractivity contribution is 0.0690. The summed E-state index contributed by atoms with van der Waals surface area (Å²) in [4.78, 5) is 27.2. The average molecular weight is 375 g/mol. The van der Waals surface area contributed by atoms with Crippen LogP contribution in [0.2, 0.25) is 0 Å². The molecule has 0 atom stereocenters. The summed E-state index contributed by atoms with van der Waals surface area (Å²) in [6.45, 7) is 2.36. The maximum absolute atomic E-state index is 11.9. The molecule has 0 bridgehead atoms. The van der Waals surface area contributed by atoms with Crippen molar-refractivity contribution in [1.29, 1.82) is 0 Å². The first kappa shape index (κ1) is 15.1. The molecule has 0 aromatic carbocycles. The molecule has 0 radical (unpaired) electrons. The van der Waals surface area contributed by atoms with Gasteiger partial charge in [0.15, 0.2) is 5.69 Å². The fourth-order valence-electron chi connectivity index (χ4n) is 1.47. The zero-order valence-electron chi connectivity index (χ0n) is 10.5. The monoisotopic (exact) mass is 374 g/mol. The predicted octanol–water partition coefficient (Wildman–Crippen LogP) is 2.95. The van der Waals surface area contributed by atoms with Gasteiger partial charge in [-0.3, -0.25) is 4.79 Å². The van der Waals surface area contributed by atoms with Crippen molar-refractivity contribution in [1.82, 2.24) is 10.3 Å². The van der Waals surface area contributed by atoms with Crippen molar-refractivity contribution < 1.29 is 14.7 Å². The van der Waals surface area contributed by atoms with E-state index in [0.717, 1.165) is 9.35 Å². The van der Waals surface area contributed by atoms with Crippen LogP contribution in [0, 0.1) is 6.92 Å². The van der Waals surface area contributed by atoms with Crippen molar-refractivity contribution in [2.75, 3.05) is 6.54 Å². The van der Waals surface area contributed by atoms with Crippen LogP contribution >= 0.6 is 38.6 Å². The summed E-state index contributed by atoms with van der Waals surface area (Å²) in [6.07, 6.45) is 0.523. The lowest BCUT2D eigenvalue weighted by atomic mass is 10.3. The number of hydrogen-bond acceptors (Lipinski definition) is 5. The van der Waals surface area contributed by atoms with Crippen LogP contribution in [0.5, 0.6) is 0 Å². The standard InChI is InChI=1S/C12H11BrN2O3S2/c1-6-4-8(20-10(6)13)11(16)14-3-2-9-15-7(5-19-9)12(17)18/h4-5H,2-3H2,1H3,(H,14,16)(H,17,18). The van der Waals surface area contributed by atoms with Crippen molar-refractivity contribution >= 4 is 50.5 Å². The minimum Gasteiger partial charge on any atom is -0.476 e. The maximum atomic E-state index is 11.9. The summed E-state index contributed by atoms with van der Waals surface area (Å²) in [5.41, 5.74) is 1.08. The number of thiazole rings is 1. The van der Waals surface area contributed by atoms with Crippen molar-refractivity contribution in [3.63, 3.8) is 0 Å². The van der Waals surface area contributed by atoms with E-state index in [-0.39, 0.29) is 11.6 Å². The number of thiophene rings is 1. The zero-order valence-corrected chi connectivity index (χ0v) is 13.7. The highest BCUT2D eigenvalue weighted by molar-refractivity contribution is 9.11. The van der Waals surface area contributed by atoms with Crippen molar-refractivity contribution in [2.45, 2.75) is 13.3 Å². The molecule has 5 nitrogen and oxygen atoms in total. The number of carboxylic acids is 1. The fraction of sp³-hybridized carbons (Fsp3) is 0.250. The van der Waals surface area contributed by atoms with Crippen LogP contribution in [0.4, 0.5) is 0 Å². The number of aromatic carboxylic acids is 1. The van der Waals surface area contributed by atoms with Gasteiger partial charge >= 0.3 is 5.97 Å². The fourth-order valence-corrected chi connectivity index (χ4v) is 3.69. The van der Waals surface area contributed by atoms with E-state index in [2.05, 4.69) is 26.2 Å². The highest BCUT2D eigenvalue weighted by Gasteiger charge is 2.12. The number of halogens is 1. The van der Waals surface area contributed by atoms with Crippen LogP contribution in [0.25, 0.3) is 0 Å². The maximum Gasteiger partial charge on any atom is 0.355 e. The smallest absolute Gasteiger partial charge is 0.355 e. The molecule has 0 spiro atoms. The van der Waals surface area contributed by atoms with E-state index in [9.17, 15) is 9.59 Å². The van der Waals surface area contributed by atoms with Crippen molar-refractivity contribution in [2.24, 2.45) is 0 Å². The Labute approximate surface area is 131 Å². The molecule has 0 unspecified atom stereocenters. The minimum atomic E-state index is -1.03. The Morgan fingerprint density at radius 3 is 2.80 bits per heavy atom. The van der Waals surface area contributed by atoms with Gasteiger partial charge in [0.2, 0.25) is 0 Å². The molecule has 0 aliphatic heterocycles. The first-order valence-electron chi connectivity index (χ1n) is 5.69. The molecule has 20 heavy (non-hydrogen) atoms. The van der Waals surface area contributed by atoms with Gasteiger partial charge in [-0.15, -0.1) is 22.7 Å². The molecular formula is C12H11BrN2O3S2. The number of aryl methyl sites for hydroxylation is 1. The predicted molar refractivity (Wildman–Crippen MR) is 81.9 cm³/mol. The summed E-state index contributed by atoms with van der Waals surface area (Å²) >= 11 is 6.05. The number of rotatable bonds is 5. The number of nitrogens with one attached hydrogen (secondary N) is 1. The SMILES string of the molecule is Cc1cc(C(=O)NCCc2nc(C(=O)O)cs2)sc1Br. The summed E-state index contributed by atoms with van der Waals surface area (Å²) in [5, 5.41) is 13.8. The van der Waals surface area contributed by atoms with Gasteiger partial charge in [0.05, 0.1) is 13.7 Å². The Morgan fingerprint density at radius 2 is 2.25 bits per heavy atom. The van der Waals surface area contributed by atoms with Gasteiger partial charge < -0.3 is 10.4 Å². The molecule has 8 heteroatoms. The van der Waals surface area contributed by atoms with Crippen LogP contribution in [0.15, 0.2) is 15.2 Å². The molecule has 1 amide bonds. The highest BCUT2D eigenvalue weighted by Crippen LogP contribution is 2.27. The molecule has 2 aromatic rings. The lowest BCUT2D eigenvalue weighted by Crippen LogP contribution is -2.24. The molecule has 0 fully saturated rings. The molecule has 2 heterocycles. The Balaban J connectivity index is 1.86. The van der Waals surface area contributed by atoms with E-state index in [0.29, 0.717) is 22.9 Å². The quantitative estimate of drug-likeness (QED) is 0.842. The second kappa shape index (κ2) is 6.47. The third kappa shape index (κ3) is 3.65. The molecule has 106 valence electrons. The molecular weight excluding hydrogens is 364 g/mol. The normalized spacial score (nSPS) is 10.5. The summed E-state index contributed by atoms with van der Waals surface area (Å²) in [6, 6.07) is 1.83. The zero-order chi connectivity index (χ0) is 14.7. The summed E-state index contributed by atoms with van der Waals surface area (Å²) in [5.74, 6) is -1.16. The van der Waals surface area contributed by atoms with Gasteiger partial charge in [0.25, 0.3) is 5.91 Å². The Kier molecular flexibility index (Phi) is 4.90. The van der Waals surface area contributed by atoms with Crippen LogP contribution in [-0.4, -0.2) is 28.5 Å². The number of carboxylic acid groups (broad SMARTS) is 1. The Bertz CT molecular complexity index is 631. The number of aromatic nitrogens is 1. The molecule has 0 aliphatic carbocycles. The van der Waals surface area contributed by atoms with E-state index < -0.39 is 5.97 Å². The van der Waals surface area contributed by atoms with Gasteiger partial charge in [-0.25, -0.2) is 9.78 Å². The largest absolute Gasteiger partial charge is 0.476 e. The second-order valence-electron chi connectivity index (χ2n) is 4.00. The Morgan fingerprint density at radius 1 is 1.50 bits per heavy atom. The van der Waals surface area contributed by atoms with Crippen LogP contribution < -0.4 is 5.32 Å². The van der Waals surface area contributed by atoms with Gasteiger partial charge in [-0.1, -0.05) is 0 Å². The molecule has 0 saturated carbocycles. The molecule has 2 N–H and O–H groups in total. The van der Waals surface area contributed by atoms with Gasteiger partial charge in [0, 0.05) is 18.3 Å². The van der Waals surface area contributed by atoms with Crippen molar-refractivity contribution in [3.05, 3.63) is 36.4 Å². The van der Waals surface area contributed by atoms with E-state index >= 15 is 0 Å². The van der Waals surface area contributed by atoms with Gasteiger partial charge in [-0.05, 0) is 34.5 Å². The Hall–Kier alpha value is -1.25. The number of carbonyl (C=O) groups is 2. The third-order valence-corrected chi connectivity index (χ3v) is 5.52. The average Bonchev–Trinajstić information content (AvgIpc) is 2.98. The number of carbonyl (C=O) groups excluding carboxylic acids is 1. The first-order valence-corrected chi connectivity index (χ1v) is 8.18. The molecule has 2 aromatic heterocycles. The topological polar surface area (TPSA) is 79.3 Å². The number of hydrogen-bond donors (Lipinski definition) is 2. The van der Waals surface area contributed by atoms with Crippen LogP contribution in [-0.2, 0) is 6.42 Å². The second-order valence-corrected chi connectivity index (χ2v) is 7.32. The van der Waals surface area contributed by atoms with E-state index in [1.54, 1.807) is 0 Å². The van der Waals surface area contributed by atoms with E-state index in [1.807, 2.05) is 13.0 Å². The lowest BCUT2D eigenvalue weighted by Gasteiger charge is -2.01.